The van der Waals surface area contributed by atoms with E-state index in [-0.39, 0.29) is 5.97 Å². The highest BCUT2D eigenvalue weighted by atomic mass is 16.5. The summed E-state index contributed by atoms with van der Waals surface area (Å²) in [5.41, 5.74) is 0. The number of nitrogens with zero attached hydrogens (tertiary/aromatic N) is 2. The SMILES string of the molecule is CCCCCCCC[C@@H]1[C@H](CCCCCCCC(=O)OC)N1CCC#N. The molecule has 1 saturated heterocycles. The number of hydrogen-bond donors (Lipinski definition) is 0. The van der Waals surface area contributed by atoms with Gasteiger partial charge in [-0.15, -0.1) is 0 Å². The minimum atomic E-state index is -0.0892. The number of ether oxygens (including phenoxy) is 1. The third-order valence-electron chi connectivity index (χ3n) is 5.65. The molecule has 0 aromatic rings. The molecule has 4 nitrogen and oxygen atoms in total. The van der Waals surface area contributed by atoms with E-state index in [4.69, 9.17) is 5.26 Å². The van der Waals surface area contributed by atoms with E-state index < -0.39 is 0 Å². The van der Waals surface area contributed by atoms with Gasteiger partial charge in [-0.25, -0.2) is 0 Å². The van der Waals surface area contributed by atoms with Crippen LogP contribution in [-0.4, -0.2) is 36.6 Å². The molecule has 1 fully saturated rings. The molecule has 0 N–H and O–H groups in total. The topological polar surface area (TPSA) is 53.1 Å². The molecule has 0 aromatic heterocycles. The zero-order chi connectivity index (χ0) is 19.0. The van der Waals surface area contributed by atoms with Crippen molar-refractivity contribution in [3.05, 3.63) is 0 Å². The van der Waals surface area contributed by atoms with Crippen molar-refractivity contribution in [1.29, 1.82) is 5.26 Å². The van der Waals surface area contributed by atoms with E-state index in [9.17, 15) is 4.79 Å². The van der Waals surface area contributed by atoms with Crippen molar-refractivity contribution in [1.82, 2.24) is 4.90 Å². The van der Waals surface area contributed by atoms with Gasteiger partial charge in [-0.2, -0.15) is 5.26 Å². The van der Waals surface area contributed by atoms with Gasteiger partial charge in [0.15, 0.2) is 0 Å². The molecule has 0 spiro atoms. The number of carbonyl (C=O) groups is 1. The van der Waals surface area contributed by atoms with Gasteiger partial charge in [0.25, 0.3) is 0 Å². The predicted octanol–water partition coefficient (Wildman–Crippen LogP) is 5.61. The summed E-state index contributed by atoms with van der Waals surface area (Å²) >= 11 is 0. The predicted molar refractivity (Wildman–Crippen MR) is 107 cm³/mol. The first-order valence-electron chi connectivity index (χ1n) is 10.9. The average Bonchev–Trinajstić information content (AvgIpc) is 3.32. The van der Waals surface area contributed by atoms with E-state index >= 15 is 0 Å². The Kier molecular flexibility index (Phi) is 13.3. The highest BCUT2D eigenvalue weighted by Gasteiger charge is 2.44. The zero-order valence-corrected chi connectivity index (χ0v) is 17.2. The van der Waals surface area contributed by atoms with E-state index in [0.29, 0.717) is 12.8 Å². The van der Waals surface area contributed by atoms with Crippen LogP contribution in [0.3, 0.4) is 0 Å². The molecule has 1 aliphatic heterocycles. The summed E-state index contributed by atoms with van der Waals surface area (Å²) in [5.74, 6) is -0.0892. The van der Waals surface area contributed by atoms with Crippen molar-refractivity contribution in [3.63, 3.8) is 0 Å². The van der Waals surface area contributed by atoms with E-state index in [2.05, 4.69) is 22.6 Å². The van der Waals surface area contributed by atoms with Crippen LogP contribution in [-0.2, 0) is 9.53 Å². The first-order chi connectivity index (χ1) is 12.7. The lowest BCUT2D eigenvalue weighted by atomic mass is 10.0. The number of unbranched alkanes of at least 4 members (excludes halogenated alkanes) is 9. The molecule has 1 heterocycles. The van der Waals surface area contributed by atoms with Crippen molar-refractivity contribution in [2.75, 3.05) is 13.7 Å². The Morgan fingerprint density at radius 1 is 0.923 bits per heavy atom. The average molecular weight is 365 g/mol. The van der Waals surface area contributed by atoms with Gasteiger partial charge >= 0.3 is 5.97 Å². The lowest BCUT2D eigenvalue weighted by Crippen LogP contribution is -2.04. The minimum Gasteiger partial charge on any atom is -0.469 e. The van der Waals surface area contributed by atoms with Gasteiger partial charge in [-0.1, -0.05) is 71.1 Å². The molecule has 150 valence electrons. The Morgan fingerprint density at radius 2 is 1.46 bits per heavy atom. The summed E-state index contributed by atoms with van der Waals surface area (Å²) in [6.45, 7) is 3.22. The molecule has 0 amide bonds. The molecule has 4 heteroatoms. The van der Waals surface area contributed by atoms with E-state index in [0.717, 1.165) is 31.5 Å². The van der Waals surface area contributed by atoms with Crippen molar-refractivity contribution in [3.8, 4) is 6.07 Å². The second kappa shape index (κ2) is 15.0. The van der Waals surface area contributed by atoms with E-state index in [1.807, 2.05) is 0 Å². The lowest BCUT2D eigenvalue weighted by molar-refractivity contribution is -0.140. The standard InChI is InChI=1S/C22H40N2O2/c1-3-4-5-6-8-11-15-20-21(24(20)19-14-18-23)16-12-9-7-10-13-17-22(25)26-2/h20-21H,3-17,19H2,1-2H3/t20-,21+,24?/m1/s1. The quantitative estimate of drug-likeness (QED) is 0.191. The summed E-state index contributed by atoms with van der Waals surface area (Å²) < 4.78 is 4.67. The van der Waals surface area contributed by atoms with Gasteiger partial charge < -0.3 is 4.74 Å². The molecule has 0 saturated carbocycles. The zero-order valence-electron chi connectivity index (χ0n) is 17.2. The van der Waals surface area contributed by atoms with Crippen LogP contribution in [0.1, 0.15) is 103 Å². The fourth-order valence-corrected chi connectivity index (χ4v) is 4.01. The Morgan fingerprint density at radius 3 is 2.00 bits per heavy atom. The van der Waals surface area contributed by atoms with Gasteiger partial charge in [0.1, 0.15) is 0 Å². The highest BCUT2D eigenvalue weighted by Crippen LogP contribution is 2.36. The number of esters is 1. The molecule has 1 aliphatic rings. The molecule has 1 unspecified atom stereocenters. The van der Waals surface area contributed by atoms with Crippen LogP contribution >= 0.6 is 0 Å². The Balaban J connectivity index is 2.07. The van der Waals surface area contributed by atoms with E-state index in [1.165, 1.54) is 77.7 Å². The van der Waals surface area contributed by atoms with E-state index in [1.54, 1.807) is 0 Å². The van der Waals surface area contributed by atoms with Crippen LogP contribution in [0.5, 0.6) is 0 Å². The molecule has 0 radical (unpaired) electrons. The van der Waals surface area contributed by atoms with Crippen LogP contribution in [0, 0.1) is 11.3 Å². The monoisotopic (exact) mass is 364 g/mol. The Bertz CT molecular complexity index is 405. The summed E-state index contributed by atoms with van der Waals surface area (Å²) in [6, 6.07) is 3.77. The van der Waals surface area contributed by atoms with Crippen molar-refractivity contribution in [2.45, 2.75) is 115 Å². The number of nitriles is 1. The fourth-order valence-electron chi connectivity index (χ4n) is 4.01. The van der Waals surface area contributed by atoms with Crippen LogP contribution in [0.15, 0.2) is 0 Å². The molecule has 0 bridgehead atoms. The Hall–Kier alpha value is -1.08. The minimum absolute atomic E-state index is 0.0892. The van der Waals surface area contributed by atoms with Gasteiger partial charge in [-0.3, -0.25) is 9.69 Å². The highest BCUT2D eigenvalue weighted by molar-refractivity contribution is 5.68. The molecule has 0 aromatic carbocycles. The van der Waals surface area contributed by atoms with Gasteiger partial charge in [0.05, 0.1) is 13.2 Å². The molecule has 26 heavy (non-hydrogen) atoms. The summed E-state index contributed by atoms with van der Waals surface area (Å²) in [4.78, 5) is 13.6. The van der Waals surface area contributed by atoms with Gasteiger partial charge in [-0.05, 0) is 19.3 Å². The molecular weight excluding hydrogens is 324 g/mol. The normalized spacial score (nSPS) is 21.3. The molecule has 1 rings (SSSR count). The van der Waals surface area contributed by atoms with Gasteiger partial charge in [0, 0.05) is 31.5 Å². The molecule has 0 aliphatic carbocycles. The summed E-state index contributed by atoms with van der Waals surface area (Å²) in [6.07, 6.45) is 17.8. The first kappa shape index (κ1) is 23.0. The van der Waals surface area contributed by atoms with Crippen LogP contribution in [0.25, 0.3) is 0 Å². The number of rotatable bonds is 17. The van der Waals surface area contributed by atoms with Crippen molar-refractivity contribution >= 4 is 5.97 Å². The van der Waals surface area contributed by atoms with Crippen LogP contribution < -0.4 is 0 Å². The summed E-state index contributed by atoms with van der Waals surface area (Å²) in [7, 11) is 1.46. The summed E-state index contributed by atoms with van der Waals surface area (Å²) in [5, 5.41) is 8.86. The van der Waals surface area contributed by atoms with Gasteiger partial charge in [0.2, 0.25) is 0 Å². The maximum atomic E-state index is 11.1. The van der Waals surface area contributed by atoms with Crippen LogP contribution in [0.2, 0.25) is 0 Å². The number of methoxy groups -OCH3 is 1. The maximum absolute atomic E-state index is 11.1. The van der Waals surface area contributed by atoms with Crippen molar-refractivity contribution < 1.29 is 9.53 Å². The third kappa shape index (κ3) is 10.2. The number of hydrogen-bond acceptors (Lipinski definition) is 4. The first-order valence-corrected chi connectivity index (χ1v) is 10.9. The third-order valence-corrected chi connectivity index (χ3v) is 5.65. The molecule has 3 atom stereocenters. The second-order valence-corrected chi connectivity index (χ2v) is 7.72. The molecular formula is C22H40N2O2. The fraction of sp³-hybridized carbons (Fsp3) is 0.909. The lowest BCUT2D eigenvalue weighted by Gasteiger charge is -2.02. The largest absolute Gasteiger partial charge is 0.469 e. The van der Waals surface area contributed by atoms with Crippen LogP contribution in [0.4, 0.5) is 0 Å². The van der Waals surface area contributed by atoms with Crippen molar-refractivity contribution in [2.24, 2.45) is 0 Å². The second-order valence-electron chi connectivity index (χ2n) is 7.72. The Labute approximate surface area is 161 Å². The maximum Gasteiger partial charge on any atom is 0.305 e. The number of carbonyl (C=O) groups excluding carboxylic acids is 1. The smallest absolute Gasteiger partial charge is 0.305 e.